The lowest BCUT2D eigenvalue weighted by Gasteiger charge is -2.29. The van der Waals surface area contributed by atoms with Crippen LogP contribution in [0.2, 0.25) is 0 Å². The monoisotopic (exact) mass is 367 g/mol. The molecule has 1 saturated carbocycles. The zero-order valence-electron chi connectivity index (χ0n) is 15.3. The fourth-order valence-electron chi connectivity index (χ4n) is 3.47. The third-order valence-electron chi connectivity index (χ3n) is 5.10. The third kappa shape index (κ3) is 4.04. The van der Waals surface area contributed by atoms with E-state index in [2.05, 4.69) is 5.32 Å². The summed E-state index contributed by atoms with van der Waals surface area (Å²) in [4.78, 5) is 12.9. The van der Waals surface area contributed by atoms with Crippen LogP contribution in [0.4, 0.5) is 0 Å². The van der Waals surface area contributed by atoms with Gasteiger partial charge in [-0.25, -0.2) is 8.42 Å². The number of aryl methyl sites for hydroxylation is 1. The highest BCUT2D eigenvalue weighted by Crippen LogP contribution is 2.29. The van der Waals surface area contributed by atoms with E-state index >= 15 is 0 Å². The van der Waals surface area contributed by atoms with Crippen molar-refractivity contribution in [3.8, 4) is 0 Å². The molecule has 2 rings (SSSR count). The van der Waals surface area contributed by atoms with Gasteiger partial charge in [-0.3, -0.25) is 4.79 Å². The topological polar surface area (TPSA) is 92.5 Å². The van der Waals surface area contributed by atoms with Crippen LogP contribution in [-0.4, -0.2) is 43.8 Å². The van der Waals surface area contributed by atoms with E-state index in [1.165, 1.54) is 10.4 Å². The molecule has 0 unspecified atom stereocenters. The van der Waals surface area contributed by atoms with E-state index < -0.39 is 10.0 Å². The number of nitrogens with one attached hydrogen (secondary N) is 1. The van der Waals surface area contributed by atoms with Crippen LogP contribution in [0.25, 0.3) is 0 Å². The van der Waals surface area contributed by atoms with Gasteiger partial charge in [0.1, 0.15) is 0 Å². The average Bonchev–Trinajstić information content (AvgIpc) is 3.04. The summed E-state index contributed by atoms with van der Waals surface area (Å²) in [5.41, 5.74) is 6.51. The molecule has 1 fully saturated rings. The molecule has 0 spiro atoms. The molecule has 25 heavy (non-hydrogen) atoms. The smallest absolute Gasteiger partial charge is 0.251 e. The molecule has 0 radical (unpaired) electrons. The first-order valence-electron chi connectivity index (χ1n) is 8.93. The summed E-state index contributed by atoms with van der Waals surface area (Å²) in [6.07, 6.45) is 3.83. The number of benzene rings is 1. The maximum Gasteiger partial charge on any atom is 0.251 e. The van der Waals surface area contributed by atoms with Gasteiger partial charge >= 0.3 is 0 Å². The van der Waals surface area contributed by atoms with Crippen LogP contribution in [0.5, 0.6) is 0 Å². The highest BCUT2D eigenvalue weighted by Gasteiger charge is 2.34. The van der Waals surface area contributed by atoms with Gasteiger partial charge in [-0.2, -0.15) is 4.31 Å². The number of amides is 1. The van der Waals surface area contributed by atoms with Crippen LogP contribution < -0.4 is 11.1 Å². The summed E-state index contributed by atoms with van der Waals surface area (Å²) in [6, 6.07) is 4.84. The van der Waals surface area contributed by atoms with Gasteiger partial charge in [0.15, 0.2) is 0 Å². The van der Waals surface area contributed by atoms with Crippen LogP contribution in [0.1, 0.15) is 55.5 Å². The maximum absolute atomic E-state index is 12.8. The minimum Gasteiger partial charge on any atom is -0.345 e. The van der Waals surface area contributed by atoms with Crippen molar-refractivity contribution in [1.29, 1.82) is 0 Å². The first kappa shape index (κ1) is 19.9. The molecular formula is C18H29N3O3S. The van der Waals surface area contributed by atoms with Crippen molar-refractivity contribution in [2.45, 2.75) is 56.9 Å². The second-order valence-electron chi connectivity index (χ2n) is 6.72. The van der Waals surface area contributed by atoms with E-state index in [-0.39, 0.29) is 16.3 Å². The first-order chi connectivity index (χ1) is 11.8. The van der Waals surface area contributed by atoms with Crippen molar-refractivity contribution >= 4 is 15.9 Å². The Kier molecular flexibility index (Phi) is 6.24. The Balaban J connectivity index is 2.34. The molecule has 7 heteroatoms. The number of nitrogens with two attached hydrogens (primary N) is 1. The van der Waals surface area contributed by atoms with Gasteiger partial charge in [0.05, 0.1) is 10.4 Å². The molecule has 1 amide bonds. The zero-order valence-corrected chi connectivity index (χ0v) is 16.2. The van der Waals surface area contributed by atoms with Crippen LogP contribution in [0, 0.1) is 6.92 Å². The Bertz CT molecular complexity index is 721. The number of nitrogens with zero attached hydrogens (tertiary/aromatic N) is 1. The predicted octanol–water partition coefficient (Wildman–Crippen LogP) is 2.03. The molecule has 1 aliphatic rings. The lowest BCUT2D eigenvalue weighted by molar-refractivity contribution is 0.0903. The van der Waals surface area contributed by atoms with E-state index in [9.17, 15) is 13.2 Å². The zero-order chi connectivity index (χ0) is 18.7. The molecule has 3 N–H and O–H groups in total. The Hall–Kier alpha value is -1.44. The molecule has 0 heterocycles. The molecule has 140 valence electrons. The summed E-state index contributed by atoms with van der Waals surface area (Å²) in [5, 5.41) is 3.04. The largest absolute Gasteiger partial charge is 0.345 e. The van der Waals surface area contributed by atoms with E-state index in [0.29, 0.717) is 30.8 Å². The number of hydrogen-bond acceptors (Lipinski definition) is 4. The molecule has 1 aliphatic carbocycles. The Morgan fingerprint density at radius 2 is 1.84 bits per heavy atom. The van der Waals surface area contributed by atoms with Crippen molar-refractivity contribution in [3.63, 3.8) is 0 Å². The fraction of sp³-hybridized carbons (Fsp3) is 0.611. The summed E-state index contributed by atoms with van der Waals surface area (Å²) >= 11 is 0. The van der Waals surface area contributed by atoms with Gasteiger partial charge < -0.3 is 11.1 Å². The maximum atomic E-state index is 12.8. The third-order valence-corrected chi connectivity index (χ3v) is 7.30. The summed E-state index contributed by atoms with van der Waals surface area (Å²) in [5.74, 6) is -0.261. The van der Waals surface area contributed by atoms with E-state index in [1.54, 1.807) is 32.9 Å². The summed E-state index contributed by atoms with van der Waals surface area (Å²) in [6.45, 7) is 6.54. The molecular weight excluding hydrogens is 338 g/mol. The molecule has 1 aromatic rings. The van der Waals surface area contributed by atoms with E-state index in [1.807, 2.05) is 0 Å². The minimum absolute atomic E-state index is 0.192. The molecule has 0 aromatic heterocycles. The summed E-state index contributed by atoms with van der Waals surface area (Å²) < 4.78 is 27.1. The number of carbonyl (C=O) groups excluding carboxylic acids is 1. The van der Waals surface area contributed by atoms with Crippen LogP contribution in [0.15, 0.2) is 23.1 Å². The molecule has 0 bridgehead atoms. The van der Waals surface area contributed by atoms with Gasteiger partial charge in [-0.05, 0) is 37.5 Å². The highest BCUT2D eigenvalue weighted by atomic mass is 32.2. The van der Waals surface area contributed by atoms with Crippen molar-refractivity contribution in [1.82, 2.24) is 9.62 Å². The molecule has 6 nitrogen and oxygen atoms in total. The number of hydrogen-bond donors (Lipinski definition) is 2. The Morgan fingerprint density at radius 1 is 1.24 bits per heavy atom. The van der Waals surface area contributed by atoms with Crippen LogP contribution in [-0.2, 0) is 10.0 Å². The van der Waals surface area contributed by atoms with Crippen molar-refractivity contribution in [3.05, 3.63) is 29.3 Å². The van der Waals surface area contributed by atoms with Gasteiger partial charge in [-0.15, -0.1) is 0 Å². The van der Waals surface area contributed by atoms with Crippen LogP contribution >= 0.6 is 0 Å². The highest BCUT2D eigenvalue weighted by molar-refractivity contribution is 7.89. The second kappa shape index (κ2) is 7.85. The molecule has 1 aromatic carbocycles. The second-order valence-corrected chi connectivity index (χ2v) is 8.62. The number of carbonyl (C=O) groups is 1. The van der Waals surface area contributed by atoms with Gasteiger partial charge in [0.25, 0.3) is 5.91 Å². The normalized spacial score (nSPS) is 17.0. The van der Waals surface area contributed by atoms with E-state index in [4.69, 9.17) is 5.73 Å². The number of rotatable bonds is 7. The first-order valence-corrected chi connectivity index (χ1v) is 10.4. The van der Waals surface area contributed by atoms with Crippen LogP contribution in [0.3, 0.4) is 0 Å². The lowest BCUT2D eigenvalue weighted by Crippen LogP contribution is -2.51. The Labute approximate surface area is 150 Å². The SMILES string of the molecule is CCN(CC)S(=O)(=O)c1cc(C(=O)NC2(CN)CCCC2)ccc1C. The molecule has 0 aliphatic heterocycles. The van der Waals surface area contributed by atoms with E-state index in [0.717, 1.165) is 25.7 Å². The lowest BCUT2D eigenvalue weighted by atomic mass is 9.97. The fourth-order valence-corrected chi connectivity index (χ4v) is 5.18. The Morgan fingerprint density at radius 3 is 2.36 bits per heavy atom. The molecule has 0 saturated heterocycles. The molecule has 0 atom stereocenters. The van der Waals surface area contributed by atoms with Gasteiger partial charge in [0.2, 0.25) is 10.0 Å². The van der Waals surface area contributed by atoms with Crippen molar-refractivity contribution < 1.29 is 13.2 Å². The predicted molar refractivity (Wildman–Crippen MR) is 99.0 cm³/mol. The van der Waals surface area contributed by atoms with Gasteiger partial charge in [-0.1, -0.05) is 32.8 Å². The van der Waals surface area contributed by atoms with Crippen molar-refractivity contribution in [2.75, 3.05) is 19.6 Å². The number of sulfonamides is 1. The average molecular weight is 368 g/mol. The van der Waals surface area contributed by atoms with Crippen molar-refractivity contribution in [2.24, 2.45) is 5.73 Å². The standard InChI is InChI=1S/C18H29N3O3S/c1-4-21(5-2)25(23,24)16-12-15(9-8-14(16)3)17(22)20-18(13-19)10-6-7-11-18/h8-9,12H,4-7,10-11,13,19H2,1-3H3,(H,20,22). The minimum atomic E-state index is -3.61. The summed E-state index contributed by atoms with van der Waals surface area (Å²) in [7, 11) is -3.61. The quantitative estimate of drug-likeness (QED) is 0.771. The van der Waals surface area contributed by atoms with Gasteiger partial charge in [0, 0.05) is 25.2 Å².